The van der Waals surface area contributed by atoms with Crippen molar-refractivity contribution in [2.24, 2.45) is 11.8 Å². The first-order chi connectivity index (χ1) is 16.7. The lowest BCUT2D eigenvalue weighted by molar-refractivity contribution is -0.136. The fourth-order valence-electron chi connectivity index (χ4n) is 5.17. The molecule has 0 heterocycles. The summed E-state index contributed by atoms with van der Waals surface area (Å²) < 4.78 is 0. The third-order valence-electron chi connectivity index (χ3n) is 7.50. The Bertz CT molecular complexity index is 496. The van der Waals surface area contributed by atoms with E-state index < -0.39 is 0 Å². The van der Waals surface area contributed by atoms with Crippen molar-refractivity contribution in [3.8, 4) is 0 Å². The van der Waals surface area contributed by atoms with Crippen LogP contribution in [0.1, 0.15) is 129 Å². The van der Waals surface area contributed by atoms with Crippen LogP contribution < -0.4 is 5.32 Å². The van der Waals surface area contributed by atoms with E-state index in [-0.39, 0.29) is 5.92 Å². The van der Waals surface area contributed by atoms with Crippen LogP contribution in [0.3, 0.4) is 0 Å². The summed E-state index contributed by atoms with van der Waals surface area (Å²) in [6.45, 7) is 5.10. The number of rotatable bonds is 23. The van der Waals surface area contributed by atoms with E-state index in [0.29, 0.717) is 17.7 Å². The molecule has 1 aliphatic rings. The molecule has 200 valence electrons. The number of nitrogens with zero attached hydrogens (tertiary/aromatic N) is 1. The van der Waals surface area contributed by atoms with Crippen LogP contribution in [0.25, 0.3) is 0 Å². The van der Waals surface area contributed by atoms with Crippen LogP contribution in [-0.4, -0.2) is 43.4 Å². The zero-order valence-corrected chi connectivity index (χ0v) is 23.6. The number of allylic oxidation sites excluding steroid dienone is 2. The maximum Gasteiger partial charge on any atom is 0.226 e. The van der Waals surface area contributed by atoms with Crippen LogP contribution in [0.4, 0.5) is 0 Å². The third-order valence-corrected chi connectivity index (χ3v) is 7.77. The molecule has 1 rings (SSSR count). The predicted molar refractivity (Wildman–Crippen MR) is 151 cm³/mol. The summed E-state index contributed by atoms with van der Waals surface area (Å²) >= 11 is 5.79. The summed E-state index contributed by atoms with van der Waals surface area (Å²) in [4.78, 5) is 14.7. The SMILES string of the molecule is CCCCCCCCCCCCCCCCCCNCC1CC=CCC1C(=O)N(C)CCCCl. The number of hydrogen-bond acceptors (Lipinski definition) is 2. The van der Waals surface area contributed by atoms with Crippen LogP contribution in [0.5, 0.6) is 0 Å². The minimum absolute atomic E-state index is 0.128. The largest absolute Gasteiger partial charge is 0.345 e. The van der Waals surface area contributed by atoms with E-state index >= 15 is 0 Å². The van der Waals surface area contributed by atoms with Gasteiger partial charge in [0.2, 0.25) is 5.91 Å². The number of alkyl halides is 1. The first kappa shape index (κ1) is 31.5. The summed E-state index contributed by atoms with van der Waals surface area (Å²) in [5.74, 6) is 1.47. The van der Waals surface area contributed by atoms with E-state index in [1.54, 1.807) is 0 Å². The van der Waals surface area contributed by atoms with Crippen molar-refractivity contribution in [1.82, 2.24) is 10.2 Å². The second kappa shape index (κ2) is 22.9. The molecule has 3 nitrogen and oxygen atoms in total. The second-order valence-electron chi connectivity index (χ2n) is 10.6. The minimum atomic E-state index is 0.128. The Kier molecular flexibility index (Phi) is 21.2. The number of halogens is 1. The van der Waals surface area contributed by atoms with Crippen LogP contribution in [0, 0.1) is 11.8 Å². The number of carbonyl (C=O) groups is 1. The maximum absolute atomic E-state index is 12.8. The molecule has 1 aliphatic carbocycles. The van der Waals surface area contributed by atoms with Crippen LogP contribution in [0.2, 0.25) is 0 Å². The molecule has 0 saturated heterocycles. The molecule has 4 heteroatoms. The Hall–Kier alpha value is -0.540. The molecule has 0 saturated carbocycles. The summed E-state index contributed by atoms with van der Waals surface area (Å²) in [5.41, 5.74) is 0. The third kappa shape index (κ3) is 16.2. The van der Waals surface area contributed by atoms with Gasteiger partial charge in [0.15, 0.2) is 0 Å². The van der Waals surface area contributed by atoms with Gasteiger partial charge in [-0.2, -0.15) is 0 Å². The topological polar surface area (TPSA) is 32.3 Å². The lowest BCUT2D eigenvalue weighted by Crippen LogP contribution is -2.41. The van der Waals surface area contributed by atoms with Gasteiger partial charge in [-0.1, -0.05) is 115 Å². The average molecular weight is 497 g/mol. The molecule has 0 bridgehead atoms. The van der Waals surface area contributed by atoms with Crippen molar-refractivity contribution in [1.29, 1.82) is 0 Å². The van der Waals surface area contributed by atoms with Crippen LogP contribution in [0.15, 0.2) is 12.2 Å². The highest BCUT2D eigenvalue weighted by molar-refractivity contribution is 6.17. The van der Waals surface area contributed by atoms with E-state index in [4.69, 9.17) is 11.6 Å². The van der Waals surface area contributed by atoms with Crippen molar-refractivity contribution in [2.45, 2.75) is 129 Å². The van der Waals surface area contributed by atoms with Crippen molar-refractivity contribution >= 4 is 17.5 Å². The number of hydrogen-bond donors (Lipinski definition) is 1. The Labute approximate surface area is 217 Å². The zero-order valence-electron chi connectivity index (χ0n) is 22.8. The smallest absolute Gasteiger partial charge is 0.226 e. The van der Waals surface area contributed by atoms with Crippen molar-refractivity contribution in [3.63, 3.8) is 0 Å². The van der Waals surface area contributed by atoms with Gasteiger partial charge in [-0.15, -0.1) is 11.6 Å². The molecule has 0 aromatic rings. The summed E-state index contributed by atoms with van der Waals surface area (Å²) in [5, 5.41) is 3.65. The van der Waals surface area contributed by atoms with E-state index in [2.05, 4.69) is 24.4 Å². The van der Waals surface area contributed by atoms with E-state index in [1.807, 2.05) is 11.9 Å². The fraction of sp³-hybridized carbons (Fsp3) is 0.900. The first-order valence-electron chi connectivity index (χ1n) is 14.9. The van der Waals surface area contributed by atoms with Crippen molar-refractivity contribution in [3.05, 3.63) is 12.2 Å². The van der Waals surface area contributed by atoms with Gasteiger partial charge in [-0.25, -0.2) is 0 Å². The van der Waals surface area contributed by atoms with Crippen molar-refractivity contribution < 1.29 is 4.79 Å². The molecule has 1 N–H and O–H groups in total. The van der Waals surface area contributed by atoms with Gasteiger partial charge in [-0.05, 0) is 44.7 Å². The monoisotopic (exact) mass is 496 g/mol. The Balaban J connectivity index is 1.93. The number of carbonyl (C=O) groups excluding carboxylic acids is 1. The lowest BCUT2D eigenvalue weighted by Gasteiger charge is -2.31. The molecule has 0 aromatic carbocycles. The number of nitrogens with one attached hydrogen (secondary N) is 1. The average Bonchev–Trinajstić information content (AvgIpc) is 2.86. The maximum atomic E-state index is 12.8. The van der Waals surface area contributed by atoms with Crippen LogP contribution in [-0.2, 0) is 4.79 Å². The summed E-state index contributed by atoms with van der Waals surface area (Å²) in [7, 11) is 1.92. The Morgan fingerprint density at radius 3 is 1.82 bits per heavy atom. The molecule has 2 atom stereocenters. The minimum Gasteiger partial charge on any atom is -0.345 e. The summed E-state index contributed by atoms with van der Waals surface area (Å²) in [6, 6.07) is 0. The number of amides is 1. The quantitative estimate of drug-likeness (QED) is 0.0872. The normalized spacial score (nSPS) is 17.9. The van der Waals surface area contributed by atoms with Gasteiger partial charge < -0.3 is 10.2 Å². The van der Waals surface area contributed by atoms with Gasteiger partial charge in [0.1, 0.15) is 0 Å². The molecule has 2 unspecified atom stereocenters. The standard InChI is InChI=1S/C30H57ClN2O/c1-3-4-5-6-7-8-9-10-11-12-13-14-15-16-17-20-25-32-27-28-22-18-19-23-29(28)30(34)33(2)26-21-24-31/h18-19,28-29,32H,3-17,20-27H2,1-2H3. The Morgan fingerprint density at radius 2 is 1.29 bits per heavy atom. The number of unbranched alkanes of at least 4 members (excludes halogenated alkanes) is 15. The second-order valence-corrected chi connectivity index (χ2v) is 11.0. The molecule has 1 amide bonds. The molecular weight excluding hydrogens is 440 g/mol. The van der Waals surface area contributed by atoms with Gasteiger partial charge in [0.05, 0.1) is 0 Å². The molecular formula is C30H57ClN2O. The van der Waals surface area contributed by atoms with Gasteiger partial charge in [0, 0.05) is 25.4 Å². The van der Waals surface area contributed by atoms with E-state index in [0.717, 1.165) is 38.9 Å². The molecule has 0 spiro atoms. The predicted octanol–water partition coefficient (Wildman–Crippen LogP) is 8.51. The van der Waals surface area contributed by atoms with Gasteiger partial charge in [0.25, 0.3) is 0 Å². The summed E-state index contributed by atoms with van der Waals surface area (Å²) in [6.07, 6.45) is 29.8. The molecule has 0 fully saturated rings. The lowest BCUT2D eigenvalue weighted by atomic mass is 9.82. The van der Waals surface area contributed by atoms with Crippen molar-refractivity contribution in [2.75, 3.05) is 32.6 Å². The Morgan fingerprint density at radius 1 is 0.794 bits per heavy atom. The van der Waals surface area contributed by atoms with Crippen LogP contribution >= 0.6 is 11.6 Å². The van der Waals surface area contributed by atoms with Gasteiger partial charge >= 0.3 is 0 Å². The first-order valence-corrected chi connectivity index (χ1v) is 15.4. The van der Waals surface area contributed by atoms with E-state index in [9.17, 15) is 4.79 Å². The fourth-order valence-corrected chi connectivity index (χ4v) is 5.29. The molecule has 0 aliphatic heterocycles. The highest BCUT2D eigenvalue weighted by Gasteiger charge is 2.30. The highest BCUT2D eigenvalue weighted by Crippen LogP contribution is 2.27. The molecule has 34 heavy (non-hydrogen) atoms. The zero-order chi connectivity index (χ0) is 24.7. The molecule has 0 radical (unpaired) electrons. The molecule has 0 aromatic heterocycles. The van der Waals surface area contributed by atoms with E-state index in [1.165, 1.54) is 103 Å². The highest BCUT2D eigenvalue weighted by atomic mass is 35.5. The van der Waals surface area contributed by atoms with Gasteiger partial charge in [-0.3, -0.25) is 4.79 Å².